The molecule has 1 saturated heterocycles. The van der Waals surface area contributed by atoms with Crippen molar-refractivity contribution < 1.29 is 8.42 Å². The van der Waals surface area contributed by atoms with Gasteiger partial charge in [-0.15, -0.1) is 0 Å². The first-order valence-electron chi connectivity index (χ1n) is 8.19. The molecule has 0 unspecified atom stereocenters. The van der Waals surface area contributed by atoms with Crippen LogP contribution in [0.5, 0.6) is 0 Å². The summed E-state index contributed by atoms with van der Waals surface area (Å²) in [5.74, 6) is 0.671. The normalized spacial score (nSPS) is 22.8. The van der Waals surface area contributed by atoms with Crippen molar-refractivity contribution in [1.82, 2.24) is 19.5 Å². The van der Waals surface area contributed by atoms with E-state index >= 15 is 0 Å². The Bertz CT molecular complexity index is 579. The van der Waals surface area contributed by atoms with Crippen LogP contribution in [0.1, 0.15) is 24.9 Å². The topological polar surface area (TPSA) is 65.5 Å². The van der Waals surface area contributed by atoms with Gasteiger partial charge in [0.05, 0.1) is 5.75 Å². The molecule has 0 aliphatic carbocycles. The molecule has 1 aliphatic rings. The van der Waals surface area contributed by atoms with Crippen LogP contribution in [0.25, 0.3) is 0 Å². The van der Waals surface area contributed by atoms with Gasteiger partial charge in [-0.25, -0.2) is 13.1 Å². The fraction of sp³-hybridized carbons (Fsp3) is 0.688. The lowest BCUT2D eigenvalue weighted by atomic mass is 9.94. The predicted molar refractivity (Wildman–Crippen MR) is 92.7 cm³/mol. The molecule has 0 amide bonds. The van der Waals surface area contributed by atoms with Crippen molar-refractivity contribution in [3.05, 3.63) is 30.1 Å². The lowest BCUT2D eigenvalue weighted by Gasteiger charge is -2.28. The molecule has 0 radical (unpaired) electrons. The van der Waals surface area contributed by atoms with Crippen LogP contribution in [0.2, 0.25) is 0 Å². The molecule has 2 atom stereocenters. The van der Waals surface area contributed by atoms with Crippen LogP contribution >= 0.6 is 0 Å². The zero-order valence-electron chi connectivity index (χ0n) is 14.3. The highest BCUT2D eigenvalue weighted by atomic mass is 32.2. The van der Waals surface area contributed by atoms with Crippen LogP contribution in [0.4, 0.5) is 0 Å². The maximum atomic E-state index is 11.5. The fourth-order valence-corrected chi connectivity index (χ4v) is 3.89. The van der Waals surface area contributed by atoms with Gasteiger partial charge in [-0.3, -0.25) is 9.88 Å². The summed E-state index contributed by atoms with van der Waals surface area (Å²) in [7, 11) is 1.12. The van der Waals surface area contributed by atoms with Crippen molar-refractivity contribution in [3.8, 4) is 0 Å². The molecule has 0 aromatic carbocycles. The molecular formula is C16H28N4O2S. The van der Waals surface area contributed by atoms with Crippen LogP contribution in [0.3, 0.4) is 0 Å². The Morgan fingerprint density at radius 1 is 1.48 bits per heavy atom. The first kappa shape index (κ1) is 18.3. The quantitative estimate of drug-likeness (QED) is 0.763. The van der Waals surface area contributed by atoms with Crippen LogP contribution in [0, 0.1) is 5.92 Å². The Balaban J connectivity index is 1.88. The number of pyridine rings is 1. The standard InChI is InChI=1S/C16H28N4O2S/c1-4-23(21,22)18-9-11-19(2)13-15-7-10-20(3)16(15)14-6-5-8-17-12-14/h5-6,8,12,15-16,18H,4,7,9-11,13H2,1-3H3/t15-,16-/m0/s1. The van der Waals surface area contributed by atoms with Crippen molar-refractivity contribution in [2.45, 2.75) is 19.4 Å². The molecule has 0 bridgehead atoms. The average Bonchev–Trinajstić information content (AvgIpc) is 2.88. The van der Waals surface area contributed by atoms with E-state index < -0.39 is 10.0 Å². The van der Waals surface area contributed by atoms with E-state index in [-0.39, 0.29) is 5.75 Å². The van der Waals surface area contributed by atoms with E-state index in [1.807, 2.05) is 12.3 Å². The minimum Gasteiger partial charge on any atom is -0.305 e. The lowest BCUT2D eigenvalue weighted by Crippen LogP contribution is -2.36. The van der Waals surface area contributed by atoms with Crippen LogP contribution in [0.15, 0.2) is 24.5 Å². The third-order valence-electron chi connectivity index (χ3n) is 4.54. The summed E-state index contributed by atoms with van der Waals surface area (Å²) in [5.41, 5.74) is 1.26. The van der Waals surface area contributed by atoms with Crippen molar-refractivity contribution in [1.29, 1.82) is 0 Å². The molecule has 7 heteroatoms. The van der Waals surface area contributed by atoms with Gasteiger partial charge in [0, 0.05) is 38.1 Å². The Morgan fingerprint density at radius 3 is 2.91 bits per heavy atom. The third-order valence-corrected chi connectivity index (χ3v) is 5.95. The fourth-order valence-electron chi connectivity index (χ4n) is 3.28. The predicted octanol–water partition coefficient (Wildman–Crippen LogP) is 0.946. The second kappa shape index (κ2) is 8.19. The molecule has 1 aliphatic heterocycles. The third kappa shape index (κ3) is 5.24. The number of rotatable bonds is 8. The molecule has 23 heavy (non-hydrogen) atoms. The van der Waals surface area contributed by atoms with Crippen LogP contribution < -0.4 is 4.72 Å². The maximum absolute atomic E-state index is 11.5. The summed E-state index contributed by atoms with van der Waals surface area (Å²) in [5, 5.41) is 0. The highest BCUT2D eigenvalue weighted by Crippen LogP contribution is 2.35. The maximum Gasteiger partial charge on any atom is 0.211 e. The zero-order chi connectivity index (χ0) is 16.9. The van der Waals surface area contributed by atoms with Gasteiger partial charge < -0.3 is 4.90 Å². The van der Waals surface area contributed by atoms with E-state index in [1.165, 1.54) is 5.56 Å². The first-order chi connectivity index (χ1) is 10.9. The molecule has 1 aromatic heterocycles. The number of sulfonamides is 1. The molecule has 2 rings (SSSR count). The number of hydrogen-bond donors (Lipinski definition) is 1. The summed E-state index contributed by atoms with van der Waals surface area (Å²) in [6.07, 6.45) is 4.91. The lowest BCUT2D eigenvalue weighted by molar-refractivity contribution is 0.219. The van der Waals surface area contributed by atoms with Gasteiger partial charge in [0.15, 0.2) is 0 Å². The van der Waals surface area contributed by atoms with Gasteiger partial charge in [-0.1, -0.05) is 6.07 Å². The minimum absolute atomic E-state index is 0.132. The second-order valence-electron chi connectivity index (χ2n) is 6.32. The molecule has 1 aromatic rings. The monoisotopic (exact) mass is 340 g/mol. The van der Waals surface area contributed by atoms with Crippen molar-refractivity contribution in [2.24, 2.45) is 5.92 Å². The van der Waals surface area contributed by atoms with Crippen LogP contribution in [-0.2, 0) is 10.0 Å². The van der Waals surface area contributed by atoms with Gasteiger partial charge in [0.1, 0.15) is 0 Å². The smallest absolute Gasteiger partial charge is 0.211 e. The number of likely N-dealkylation sites (N-methyl/N-ethyl adjacent to an activating group) is 1. The molecule has 0 spiro atoms. The van der Waals surface area contributed by atoms with E-state index in [2.05, 4.69) is 39.7 Å². The molecule has 0 saturated carbocycles. The molecular weight excluding hydrogens is 312 g/mol. The number of likely N-dealkylation sites (tertiary alicyclic amines) is 1. The Hall–Kier alpha value is -1.02. The van der Waals surface area contributed by atoms with Gasteiger partial charge in [-0.2, -0.15) is 0 Å². The van der Waals surface area contributed by atoms with E-state index in [9.17, 15) is 8.42 Å². The Labute approximate surface area is 139 Å². The van der Waals surface area contributed by atoms with E-state index in [0.717, 1.165) is 26.1 Å². The highest BCUT2D eigenvalue weighted by Gasteiger charge is 2.33. The van der Waals surface area contributed by atoms with E-state index in [4.69, 9.17) is 0 Å². The first-order valence-corrected chi connectivity index (χ1v) is 9.84. The highest BCUT2D eigenvalue weighted by molar-refractivity contribution is 7.89. The zero-order valence-corrected chi connectivity index (χ0v) is 15.1. The Kier molecular flexibility index (Phi) is 6.52. The Morgan fingerprint density at radius 2 is 2.26 bits per heavy atom. The van der Waals surface area contributed by atoms with Gasteiger partial charge in [0.2, 0.25) is 10.0 Å². The average molecular weight is 340 g/mol. The molecule has 1 N–H and O–H groups in total. The summed E-state index contributed by atoms with van der Waals surface area (Å²) in [6, 6.07) is 4.52. The number of nitrogens with one attached hydrogen (secondary N) is 1. The minimum atomic E-state index is -3.10. The largest absolute Gasteiger partial charge is 0.305 e. The molecule has 1 fully saturated rings. The summed E-state index contributed by atoms with van der Waals surface area (Å²) in [4.78, 5) is 8.84. The van der Waals surface area contributed by atoms with Gasteiger partial charge >= 0.3 is 0 Å². The summed E-state index contributed by atoms with van der Waals surface area (Å²) >= 11 is 0. The SMILES string of the molecule is CCS(=O)(=O)NCCN(C)C[C@@H]1CCN(C)[C@H]1c1cccnc1. The molecule has 130 valence electrons. The van der Waals surface area contributed by atoms with Crippen molar-refractivity contribution in [3.63, 3.8) is 0 Å². The van der Waals surface area contributed by atoms with E-state index in [0.29, 0.717) is 18.5 Å². The van der Waals surface area contributed by atoms with E-state index in [1.54, 1.807) is 13.1 Å². The van der Waals surface area contributed by atoms with Crippen molar-refractivity contribution >= 4 is 10.0 Å². The van der Waals surface area contributed by atoms with Crippen LogP contribution in [-0.4, -0.2) is 69.2 Å². The number of aromatic nitrogens is 1. The second-order valence-corrected chi connectivity index (χ2v) is 8.42. The summed E-state index contributed by atoms with van der Waals surface area (Å²) < 4.78 is 25.6. The van der Waals surface area contributed by atoms with Gasteiger partial charge in [-0.05, 0) is 51.5 Å². The molecule has 2 heterocycles. The number of nitrogens with zero attached hydrogens (tertiary/aromatic N) is 3. The van der Waals surface area contributed by atoms with Crippen molar-refractivity contribution in [2.75, 3.05) is 46.0 Å². The summed E-state index contributed by atoms with van der Waals surface area (Å²) in [6.45, 7) is 4.88. The van der Waals surface area contributed by atoms with Gasteiger partial charge in [0.25, 0.3) is 0 Å². The molecule has 6 nitrogen and oxygen atoms in total. The number of hydrogen-bond acceptors (Lipinski definition) is 5.